The standard InChI is InChI=1S/C29H41N3O/c1-28(2)13-14-29(3,4)26-18-21(7-9-25(26)28)22-8-10-27(30-19-22)31-16-11-23(12-17-31)32-15-5-6-24(33)20-32/h7-10,18-19,23-24,33H,5-6,11-17,20H2,1-4H3. The van der Waals surface area contributed by atoms with Gasteiger partial charge in [0.15, 0.2) is 0 Å². The van der Waals surface area contributed by atoms with Crippen LogP contribution in [0.3, 0.4) is 0 Å². The summed E-state index contributed by atoms with van der Waals surface area (Å²) >= 11 is 0. The first-order valence-corrected chi connectivity index (χ1v) is 13.0. The molecule has 1 aromatic carbocycles. The van der Waals surface area contributed by atoms with Gasteiger partial charge in [-0.15, -0.1) is 0 Å². The molecule has 33 heavy (non-hydrogen) atoms. The molecule has 1 aliphatic carbocycles. The van der Waals surface area contributed by atoms with Gasteiger partial charge >= 0.3 is 0 Å². The summed E-state index contributed by atoms with van der Waals surface area (Å²) in [6, 6.07) is 12.1. The summed E-state index contributed by atoms with van der Waals surface area (Å²) in [5.41, 5.74) is 5.98. The second-order valence-electron chi connectivity index (χ2n) is 11.9. The van der Waals surface area contributed by atoms with E-state index in [1.807, 2.05) is 0 Å². The molecule has 1 aromatic heterocycles. The summed E-state index contributed by atoms with van der Waals surface area (Å²) < 4.78 is 0. The van der Waals surface area contributed by atoms with Crippen LogP contribution >= 0.6 is 0 Å². The number of fused-ring (bicyclic) bond motifs is 1. The topological polar surface area (TPSA) is 39.6 Å². The first-order chi connectivity index (χ1) is 15.7. The Morgan fingerprint density at radius 3 is 2.21 bits per heavy atom. The van der Waals surface area contributed by atoms with E-state index >= 15 is 0 Å². The molecule has 0 bridgehead atoms. The van der Waals surface area contributed by atoms with E-state index < -0.39 is 0 Å². The smallest absolute Gasteiger partial charge is 0.128 e. The quantitative estimate of drug-likeness (QED) is 0.672. The maximum atomic E-state index is 10.0. The van der Waals surface area contributed by atoms with Gasteiger partial charge in [0.2, 0.25) is 0 Å². The lowest BCUT2D eigenvalue weighted by Gasteiger charge is -2.42. The highest BCUT2D eigenvalue weighted by molar-refractivity contribution is 5.66. The molecular formula is C29H41N3O. The predicted molar refractivity (Wildman–Crippen MR) is 137 cm³/mol. The Bertz CT molecular complexity index is 973. The molecular weight excluding hydrogens is 406 g/mol. The number of rotatable bonds is 3. The number of aliphatic hydroxyl groups excluding tert-OH is 1. The maximum absolute atomic E-state index is 10.0. The van der Waals surface area contributed by atoms with E-state index in [1.54, 1.807) is 0 Å². The van der Waals surface area contributed by atoms with Crippen molar-refractivity contribution >= 4 is 5.82 Å². The molecule has 178 valence electrons. The van der Waals surface area contributed by atoms with Gasteiger partial charge in [-0.05, 0) is 84.7 Å². The number of hydrogen-bond donors (Lipinski definition) is 1. The fourth-order valence-corrected chi connectivity index (χ4v) is 6.29. The highest BCUT2D eigenvalue weighted by atomic mass is 16.3. The first kappa shape index (κ1) is 22.9. The minimum Gasteiger partial charge on any atom is -0.392 e. The summed E-state index contributed by atoms with van der Waals surface area (Å²) in [6.45, 7) is 13.6. The van der Waals surface area contributed by atoms with Crippen LogP contribution in [0.5, 0.6) is 0 Å². The zero-order valence-electron chi connectivity index (χ0n) is 21.0. The lowest BCUT2D eigenvalue weighted by atomic mass is 9.63. The van der Waals surface area contributed by atoms with Gasteiger partial charge in [-0.2, -0.15) is 0 Å². The second-order valence-corrected chi connectivity index (χ2v) is 11.9. The van der Waals surface area contributed by atoms with Gasteiger partial charge in [0.1, 0.15) is 5.82 Å². The molecule has 2 fully saturated rings. The van der Waals surface area contributed by atoms with Crippen LogP contribution in [0.4, 0.5) is 5.82 Å². The van der Waals surface area contributed by atoms with Crippen molar-refractivity contribution in [1.29, 1.82) is 0 Å². The van der Waals surface area contributed by atoms with Gasteiger partial charge in [-0.3, -0.25) is 4.90 Å². The minimum atomic E-state index is -0.133. The number of hydrogen-bond acceptors (Lipinski definition) is 4. The first-order valence-electron chi connectivity index (χ1n) is 13.0. The van der Waals surface area contributed by atoms with Crippen molar-refractivity contribution in [3.63, 3.8) is 0 Å². The Balaban J connectivity index is 1.28. The van der Waals surface area contributed by atoms with Crippen molar-refractivity contribution < 1.29 is 5.11 Å². The fourth-order valence-electron chi connectivity index (χ4n) is 6.29. The molecule has 2 saturated heterocycles. The lowest BCUT2D eigenvalue weighted by molar-refractivity contribution is 0.0398. The molecule has 4 nitrogen and oxygen atoms in total. The van der Waals surface area contributed by atoms with Crippen LogP contribution in [0.2, 0.25) is 0 Å². The SMILES string of the molecule is CC1(C)CCC(C)(C)c2cc(-c3ccc(N4CCC(N5CCCC(O)C5)CC4)nc3)ccc21. The maximum Gasteiger partial charge on any atom is 0.128 e. The van der Waals surface area contributed by atoms with Crippen molar-refractivity contribution in [3.8, 4) is 11.1 Å². The monoisotopic (exact) mass is 447 g/mol. The zero-order chi connectivity index (χ0) is 23.2. The molecule has 3 aliphatic rings. The number of pyridine rings is 1. The Kier molecular flexibility index (Phi) is 6.03. The van der Waals surface area contributed by atoms with Gasteiger partial charge < -0.3 is 10.0 Å². The Morgan fingerprint density at radius 2 is 1.55 bits per heavy atom. The van der Waals surface area contributed by atoms with Crippen LogP contribution < -0.4 is 4.90 Å². The summed E-state index contributed by atoms with van der Waals surface area (Å²) in [4.78, 5) is 9.82. The fraction of sp³-hybridized carbons (Fsp3) is 0.621. The summed E-state index contributed by atoms with van der Waals surface area (Å²) in [6.07, 6.45) is 8.82. The van der Waals surface area contributed by atoms with Crippen molar-refractivity contribution in [2.45, 2.75) is 89.2 Å². The molecule has 0 saturated carbocycles. The number of aromatic nitrogens is 1. The Hall–Kier alpha value is -1.91. The number of β-amino-alcohol motifs (C(OH)–C–C–N with tert-alkyl or cyclic N) is 1. The van der Waals surface area contributed by atoms with Crippen LogP contribution in [0, 0.1) is 0 Å². The molecule has 4 heteroatoms. The van der Waals surface area contributed by atoms with Gasteiger partial charge in [-0.25, -0.2) is 4.98 Å². The molecule has 3 heterocycles. The molecule has 0 amide bonds. The number of benzene rings is 1. The van der Waals surface area contributed by atoms with E-state index in [-0.39, 0.29) is 16.9 Å². The van der Waals surface area contributed by atoms with E-state index in [9.17, 15) is 5.11 Å². The van der Waals surface area contributed by atoms with Crippen LogP contribution in [0.25, 0.3) is 11.1 Å². The normalized spacial score (nSPS) is 25.6. The molecule has 2 aliphatic heterocycles. The van der Waals surface area contributed by atoms with Gasteiger partial charge in [0.25, 0.3) is 0 Å². The van der Waals surface area contributed by atoms with E-state index in [0.717, 1.165) is 57.7 Å². The van der Waals surface area contributed by atoms with Crippen LogP contribution in [-0.4, -0.2) is 53.3 Å². The summed E-state index contributed by atoms with van der Waals surface area (Å²) in [7, 11) is 0. The number of nitrogens with zero attached hydrogens (tertiary/aromatic N) is 3. The number of aliphatic hydroxyl groups is 1. The van der Waals surface area contributed by atoms with E-state index in [4.69, 9.17) is 4.98 Å². The molecule has 1 atom stereocenters. The summed E-state index contributed by atoms with van der Waals surface area (Å²) in [5, 5.41) is 10.0. The van der Waals surface area contributed by atoms with Gasteiger partial charge in [-0.1, -0.05) is 45.9 Å². The third kappa shape index (κ3) is 4.57. The lowest BCUT2D eigenvalue weighted by Crippen LogP contribution is -2.49. The molecule has 5 rings (SSSR count). The van der Waals surface area contributed by atoms with E-state index in [2.05, 4.69) is 74.0 Å². The van der Waals surface area contributed by atoms with Gasteiger partial charge in [0, 0.05) is 37.4 Å². The average molecular weight is 448 g/mol. The van der Waals surface area contributed by atoms with Gasteiger partial charge in [0.05, 0.1) is 6.10 Å². The van der Waals surface area contributed by atoms with Crippen LogP contribution in [0.15, 0.2) is 36.5 Å². The van der Waals surface area contributed by atoms with Crippen LogP contribution in [0.1, 0.15) is 77.3 Å². The Labute approximate surface area is 200 Å². The molecule has 1 N–H and O–H groups in total. The second kappa shape index (κ2) is 8.70. The third-order valence-corrected chi connectivity index (χ3v) is 8.67. The molecule has 0 spiro atoms. The summed E-state index contributed by atoms with van der Waals surface area (Å²) in [5.74, 6) is 1.09. The number of anilines is 1. The van der Waals surface area contributed by atoms with Crippen molar-refractivity contribution in [2.75, 3.05) is 31.1 Å². The molecule has 2 aromatic rings. The average Bonchev–Trinajstić information content (AvgIpc) is 2.82. The van der Waals surface area contributed by atoms with Crippen LogP contribution in [-0.2, 0) is 10.8 Å². The van der Waals surface area contributed by atoms with Crippen molar-refractivity contribution in [2.24, 2.45) is 0 Å². The van der Waals surface area contributed by atoms with Crippen molar-refractivity contribution in [3.05, 3.63) is 47.7 Å². The third-order valence-electron chi connectivity index (χ3n) is 8.67. The van der Waals surface area contributed by atoms with E-state index in [1.165, 1.54) is 35.1 Å². The van der Waals surface area contributed by atoms with E-state index in [0.29, 0.717) is 6.04 Å². The molecule has 0 radical (unpaired) electrons. The highest BCUT2D eigenvalue weighted by Crippen LogP contribution is 2.46. The predicted octanol–water partition coefficient (Wildman–Crippen LogP) is 5.52. The largest absolute Gasteiger partial charge is 0.392 e. The Morgan fingerprint density at radius 1 is 0.848 bits per heavy atom. The number of likely N-dealkylation sites (tertiary alicyclic amines) is 1. The zero-order valence-corrected chi connectivity index (χ0v) is 21.0. The molecule has 1 unspecified atom stereocenters. The van der Waals surface area contributed by atoms with Crippen molar-refractivity contribution in [1.82, 2.24) is 9.88 Å². The number of piperidine rings is 2. The highest BCUT2D eigenvalue weighted by Gasteiger charge is 2.37. The minimum absolute atomic E-state index is 0.133.